The summed E-state index contributed by atoms with van der Waals surface area (Å²) in [7, 11) is 1.17. The lowest BCUT2D eigenvalue weighted by atomic mass is 10.2. The molecule has 1 heterocycles. The van der Waals surface area contributed by atoms with Crippen LogP contribution in [0.25, 0.3) is 5.69 Å². The molecule has 0 aliphatic rings. The van der Waals surface area contributed by atoms with Crippen molar-refractivity contribution >= 4 is 5.97 Å². The summed E-state index contributed by atoms with van der Waals surface area (Å²) in [4.78, 5) is 11.2. The van der Waals surface area contributed by atoms with E-state index in [4.69, 9.17) is 0 Å². The summed E-state index contributed by atoms with van der Waals surface area (Å²) < 4.78 is 43.2. The monoisotopic (exact) mass is 271 g/mol. The maximum absolute atomic E-state index is 12.6. The SMILES string of the molecule is COC(=O)c1cn(-c2cccc(C(F)(F)F)c2)nn1. The number of carbonyl (C=O) groups is 1. The molecule has 0 aliphatic heterocycles. The Hall–Kier alpha value is -2.38. The summed E-state index contributed by atoms with van der Waals surface area (Å²) in [6, 6.07) is 4.53. The molecule has 100 valence electrons. The lowest BCUT2D eigenvalue weighted by Crippen LogP contribution is -2.06. The highest BCUT2D eigenvalue weighted by Gasteiger charge is 2.30. The molecular formula is C11H8F3N3O2. The third-order valence-electron chi connectivity index (χ3n) is 2.33. The smallest absolute Gasteiger partial charge is 0.416 e. The first-order valence-corrected chi connectivity index (χ1v) is 5.10. The van der Waals surface area contributed by atoms with E-state index in [0.717, 1.165) is 16.8 Å². The lowest BCUT2D eigenvalue weighted by molar-refractivity contribution is -0.137. The van der Waals surface area contributed by atoms with Crippen molar-refractivity contribution in [3.8, 4) is 5.69 Å². The number of aromatic nitrogens is 3. The molecule has 0 amide bonds. The number of carbonyl (C=O) groups excluding carboxylic acids is 1. The van der Waals surface area contributed by atoms with Crippen molar-refractivity contribution in [2.45, 2.75) is 6.18 Å². The van der Waals surface area contributed by atoms with E-state index >= 15 is 0 Å². The van der Waals surface area contributed by atoms with Crippen LogP contribution in [0.5, 0.6) is 0 Å². The van der Waals surface area contributed by atoms with Gasteiger partial charge in [-0.3, -0.25) is 0 Å². The fourth-order valence-electron chi connectivity index (χ4n) is 1.41. The van der Waals surface area contributed by atoms with Crippen LogP contribution < -0.4 is 0 Å². The Bertz CT molecular complexity index is 607. The number of rotatable bonds is 2. The second-order valence-electron chi connectivity index (χ2n) is 3.59. The second kappa shape index (κ2) is 4.71. The van der Waals surface area contributed by atoms with Crippen LogP contribution in [0.2, 0.25) is 0 Å². The molecule has 8 heteroatoms. The van der Waals surface area contributed by atoms with E-state index in [9.17, 15) is 18.0 Å². The fourth-order valence-corrected chi connectivity index (χ4v) is 1.41. The number of benzene rings is 1. The lowest BCUT2D eigenvalue weighted by Gasteiger charge is -2.07. The van der Waals surface area contributed by atoms with Gasteiger partial charge in [0.1, 0.15) is 0 Å². The minimum absolute atomic E-state index is 0.0834. The van der Waals surface area contributed by atoms with Gasteiger partial charge in [0.2, 0.25) is 0 Å². The molecule has 0 bridgehead atoms. The molecule has 0 fully saturated rings. The summed E-state index contributed by atoms with van der Waals surface area (Å²) in [6.45, 7) is 0. The molecule has 2 aromatic rings. The van der Waals surface area contributed by atoms with E-state index < -0.39 is 17.7 Å². The summed E-state index contributed by atoms with van der Waals surface area (Å²) in [6.07, 6.45) is -3.25. The second-order valence-corrected chi connectivity index (χ2v) is 3.59. The third kappa shape index (κ3) is 2.72. The van der Waals surface area contributed by atoms with Crippen LogP contribution in [0.15, 0.2) is 30.5 Å². The maximum atomic E-state index is 12.6. The van der Waals surface area contributed by atoms with Gasteiger partial charge < -0.3 is 4.74 Å². The largest absolute Gasteiger partial charge is 0.464 e. The molecule has 2 rings (SSSR count). The number of alkyl halides is 3. The summed E-state index contributed by atoms with van der Waals surface area (Å²) >= 11 is 0. The molecule has 1 aromatic carbocycles. The molecular weight excluding hydrogens is 263 g/mol. The van der Waals surface area contributed by atoms with Gasteiger partial charge in [0, 0.05) is 0 Å². The van der Waals surface area contributed by atoms with Gasteiger partial charge in [-0.05, 0) is 18.2 Å². The number of methoxy groups -OCH3 is 1. The molecule has 0 radical (unpaired) electrons. The Balaban J connectivity index is 2.37. The van der Waals surface area contributed by atoms with Crippen LogP contribution in [0.1, 0.15) is 16.1 Å². The quantitative estimate of drug-likeness (QED) is 0.785. The first-order chi connectivity index (χ1) is 8.91. The molecule has 0 saturated heterocycles. The van der Waals surface area contributed by atoms with Gasteiger partial charge in [0.25, 0.3) is 0 Å². The highest BCUT2D eigenvalue weighted by atomic mass is 19.4. The van der Waals surface area contributed by atoms with E-state index in [2.05, 4.69) is 15.0 Å². The average molecular weight is 271 g/mol. The first-order valence-electron chi connectivity index (χ1n) is 5.10. The van der Waals surface area contributed by atoms with Crippen LogP contribution in [-0.4, -0.2) is 28.1 Å². The van der Waals surface area contributed by atoms with Crippen molar-refractivity contribution < 1.29 is 22.7 Å². The topological polar surface area (TPSA) is 57.0 Å². The standard InChI is InChI=1S/C11H8F3N3O2/c1-19-10(18)9-6-17(16-15-9)8-4-2-3-7(5-8)11(12,13)14/h2-6H,1H3. The van der Waals surface area contributed by atoms with Crippen LogP contribution in [0, 0.1) is 0 Å². The number of esters is 1. The Kier molecular flexibility index (Phi) is 3.24. The molecule has 19 heavy (non-hydrogen) atoms. The Morgan fingerprint density at radius 2 is 2.11 bits per heavy atom. The zero-order valence-corrected chi connectivity index (χ0v) is 9.68. The van der Waals surface area contributed by atoms with Gasteiger partial charge in [-0.25, -0.2) is 9.48 Å². The zero-order valence-electron chi connectivity index (χ0n) is 9.68. The molecule has 0 unspecified atom stereocenters. The van der Waals surface area contributed by atoms with Crippen LogP contribution in [0.4, 0.5) is 13.2 Å². The van der Waals surface area contributed by atoms with Crippen molar-refractivity contribution in [1.29, 1.82) is 0 Å². The molecule has 0 saturated carbocycles. The number of ether oxygens (including phenoxy) is 1. The van der Waals surface area contributed by atoms with Crippen LogP contribution in [0.3, 0.4) is 0 Å². The van der Waals surface area contributed by atoms with Crippen molar-refractivity contribution in [2.75, 3.05) is 7.11 Å². The Morgan fingerprint density at radius 1 is 1.37 bits per heavy atom. The molecule has 0 aliphatic carbocycles. The molecule has 0 atom stereocenters. The Morgan fingerprint density at radius 3 is 2.74 bits per heavy atom. The van der Waals surface area contributed by atoms with Gasteiger partial charge in [-0.15, -0.1) is 5.10 Å². The predicted molar refractivity (Wildman–Crippen MR) is 57.7 cm³/mol. The van der Waals surface area contributed by atoms with Crippen molar-refractivity contribution in [3.05, 3.63) is 41.7 Å². The molecule has 0 N–H and O–H groups in total. The van der Waals surface area contributed by atoms with Gasteiger partial charge in [-0.1, -0.05) is 11.3 Å². The number of nitrogens with zero attached hydrogens (tertiary/aromatic N) is 3. The van der Waals surface area contributed by atoms with E-state index in [-0.39, 0.29) is 11.4 Å². The van der Waals surface area contributed by atoms with E-state index in [1.54, 1.807) is 0 Å². The Labute approximate surface area is 105 Å². The fraction of sp³-hybridized carbons (Fsp3) is 0.182. The normalized spacial score (nSPS) is 11.4. The van der Waals surface area contributed by atoms with Gasteiger partial charge in [0.15, 0.2) is 5.69 Å². The third-order valence-corrected chi connectivity index (χ3v) is 2.33. The van der Waals surface area contributed by atoms with Gasteiger partial charge in [0.05, 0.1) is 24.6 Å². The first kappa shape index (κ1) is 13.1. The van der Waals surface area contributed by atoms with Crippen LogP contribution in [-0.2, 0) is 10.9 Å². The predicted octanol–water partition coefficient (Wildman–Crippen LogP) is 2.07. The average Bonchev–Trinajstić information content (AvgIpc) is 2.86. The highest BCUT2D eigenvalue weighted by molar-refractivity contribution is 5.86. The number of hydrogen-bond donors (Lipinski definition) is 0. The molecule has 1 aromatic heterocycles. The van der Waals surface area contributed by atoms with Gasteiger partial charge in [-0.2, -0.15) is 13.2 Å². The summed E-state index contributed by atoms with van der Waals surface area (Å²) in [5, 5.41) is 7.09. The molecule has 0 spiro atoms. The minimum Gasteiger partial charge on any atom is -0.464 e. The highest BCUT2D eigenvalue weighted by Crippen LogP contribution is 2.30. The summed E-state index contributed by atoms with van der Waals surface area (Å²) in [5.41, 5.74) is -0.738. The number of halogens is 3. The maximum Gasteiger partial charge on any atom is 0.416 e. The molecule has 5 nitrogen and oxygen atoms in total. The van der Waals surface area contributed by atoms with E-state index in [0.29, 0.717) is 0 Å². The van der Waals surface area contributed by atoms with Crippen molar-refractivity contribution in [1.82, 2.24) is 15.0 Å². The zero-order chi connectivity index (χ0) is 14.0. The minimum atomic E-state index is -4.44. The van der Waals surface area contributed by atoms with E-state index in [1.807, 2.05) is 0 Å². The van der Waals surface area contributed by atoms with Gasteiger partial charge >= 0.3 is 12.1 Å². The van der Waals surface area contributed by atoms with Crippen molar-refractivity contribution in [2.24, 2.45) is 0 Å². The van der Waals surface area contributed by atoms with E-state index in [1.165, 1.54) is 25.4 Å². The van der Waals surface area contributed by atoms with Crippen LogP contribution >= 0.6 is 0 Å². The van der Waals surface area contributed by atoms with Crippen molar-refractivity contribution in [3.63, 3.8) is 0 Å². The number of hydrogen-bond acceptors (Lipinski definition) is 4. The summed E-state index contributed by atoms with van der Waals surface area (Å²) in [5.74, 6) is -0.710.